The molecule has 0 fully saturated rings. The Balaban J connectivity index is 2.75. The van der Waals surface area contributed by atoms with E-state index >= 15 is 0 Å². The molecular formula is C6H9N3O3. The summed E-state index contributed by atoms with van der Waals surface area (Å²) in [6.45, 7) is -0.287. The standard InChI is InChI=1S/C6H9N3O3/c7-9-8-6-4(11)1-2-12-5(6)3-10/h1-2,4-6,10-11H,3H2. The van der Waals surface area contributed by atoms with Crippen LogP contribution in [0.1, 0.15) is 0 Å². The number of hydrogen-bond acceptors (Lipinski definition) is 4. The monoisotopic (exact) mass is 171 g/mol. The van der Waals surface area contributed by atoms with Gasteiger partial charge in [-0.05, 0) is 11.6 Å². The lowest BCUT2D eigenvalue weighted by atomic mass is 10.0. The molecule has 0 bridgehead atoms. The van der Waals surface area contributed by atoms with Gasteiger partial charge in [-0.1, -0.05) is 5.11 Å². The summed E-state index contributed by atoms with van der Waals surface area (Å²) in [7, 11) is 0. The van der Waals surface area contributed by atoms with Crippen LogP contribution < -0.4 is 0 Å². The van der Waals surface area contributed by atoms with Crippen molar-refractivity contribution in [1.82, 2.24) is 0 Å². The first kappa shape index (κ1) is 8.86. The fraction of sp³-hybridized carbons (Fsp3) is 0.667. The lowest BCUT2D eigenvalue weighted by Gasteiger charge is -2.27. The fourth-order valence-electron chi connectivity index (χ4n) is 0.994. The molecule has 0 radical (unpaired) electrons. The van der Waals surface area contributed by atoms with E-state index < -0.39 is 18.2 Å². The van der Waals surface area contributed by atoms with Gasteiger partial charge in [-0.25, -0.2) is 0 Å². The number of ether oxygens (including phenoxy) is 1. The lowest BCUT2D eigenvalue weighted by molar-refractivity contribution is 0.00771. The number of hydrogen-bond donors (Lipinski definition) is 2. The van der Waals surface area contributed by atoms with E-state index in [2.05, 4.69) is 10.0 Å². The maximum atomic E-state index is 9.26. The van der Waals surface area contributed by atoms with Crippen LogP contribution in [0.4, 0.5) is 0 Å². The molecule has 0 saturated heterocycles. The van der Waals surface area contributed by atoms with Crippen molar-refractivity contribution in [1.29, 1.82) is 0 Å². The third-order valence-corrected chi connectivity index (χ3v) is 1.62. The van der Waals surface area contributed by atoms with Crippen LogP contribution in [0.3, 0.4) is 0 Å². The Morgan fingerprint density at radius 2 is 2.42 bits per heavy atom. The molecule has 6 heteroatoms. The van der Waals surface area contributed by atoms with Gasteiger partial charge in [0.05, 0.1) is 19.0 Å². The molecule has 0 aromatic carbocycles. The molecule has 3 atom stereocenters. The highest BCUT2D eigenvalue weighted by atomic mass is 16.5. The molecule has 6 nitrogen and oxygen atoms in total. The zero-order valence-corrected chi connectivity index (χ0v) is 6.24. The predicted molar refractivity (Wildman–Crippen MR) is 40.0 cm³/mol. The van der Waals surface area contributed by atoms with E-state index in [0.29, 0.717) is 0 Å². The molecule has 0 aromatic rings. The van der Waals surface area contributed by atoms with Crippen LogP contribution in [-0.2, 0) is 4.74 Å². The Bertz CT molecular complexity index is 224. The summed E-state index contributed by atoms with van der Waals surface area (Å²) in [6, 6.07) is -0.745. The second kappa shape index (κ2) is 3.96. The molecule has 1 rings (SSSR count). The number of aliphatic hydroxyl groups is 2. The number of aliphatic hydroxyl groups excluding tert-OH is 2. The first-order valence-electron chi connectivity index (χ1n) is 3.45. The summed E-state index contributed by atoms with van der Waals surface area (Å²) < 4.78 is 4.91. The molecule has 12 heavy (non-hydrogen) atoms. The maximum Gasteiger partial charge on any atom is 0.132 e. The molecule has 0 aromatic heterocycles. The van der Waals surface area contributed by atoms with Crippen molar-refractivity contribution >= 4 is 0 Å². The topological polar surface area (TPSA) is 98.5 Å². The van der Waals surface area contributed by atoms with Gasteiger partial charge in [-0.15, -0.1) is 0 Å². The molecule has 0 spiro atoms. The number of rotatable bonds is 2. The summed E-state index contributed by atoms with van der Waals surface area (Å²) in [5, 5.41) is 21.3. The normalized spacial score (nSPS) is 33.7. The maximum absolute atomic E-state index is 9.26. The van der Waals surface area contributed by atoms with Gasteiger partial charge in [0.1, 0.15) is 12.1 Å². The summed E-state index contributed by atoms with van der Waals surface area (Å²) in [6.07, 6.45) is 1.12. The minimum absolute atomic E-state index is 0.287. The molecule has 3 unspecified atom stereocenters. The molecule has 1 aliphatic rings. The molecule has 0 amide bonds. The van der Waals surface area contributed by atoms with Crippen molar-refractivity contribution in [3.63, 3.8) is 0 Å². The Kier molecular flexibility index (Phi) is 2.93. The van der Waals surface area contributed by atoms with Gasteiger partial charge >= 0.3 is 0 Å². The highest BCUT2D eigenvalue weighted by molar-refractivity contribution is 5.00. The van der Waals surface area contributed by atoms with Crippen molar-refractivity contribution in [2.75, 3.05) is 6.61 Å². The van der Waals surface area contributed by atoms with Crippen molar-refractivity contribution < 1.29 is 14.9 Å². The predicted octanol–water partition coefficient (Wildman–Crippen LogP) is -0.0690. The van der Waals surface area contributed by atoms with Crippen LogP contribution >= 0.6 is 0 Å². The van der Waals surface area contributed by atoms with Gasteiger partial charge in [-0.2, -0.15) is 0 Å². The number of azide groups is 1. The van der Waals surface area contributed by atoms with Crippen LogP contribution in [0, 0.1) is 0 Å². The van der Waals surface area contributed by atoms with E-state index in [-0.39, 0.29) is 6.61 Å². The molecule has 0 saturated carbocycles. The zero-order chi connectivity index (χ0) is 8.97. The van der Waals surface area contributed by atoms with E-state index in [1.165, 1.54) is 12.3 Å². The molecule has 1 aliphatic heterocycles. The van der Waals surface area contributed by atoms with Crippen LogP contribution in [0.25, 0.3) is 10.4 Å². The molecule has 1 heterocycles. The molecule has 2 N–H and O–H groups in total. The Morgan fingerprint density at radius 3 is 3.00 bits per heavy atom. The Hall–Kier alpha value is -1.23. The average Bonchev–Trinajstić information content (AvgIpc) is 2.09. The van der Waals surface area contributed by atoms with Crippen LogP contribution in [-0.4, -0.2) is 35.1 Å². The smallest absolute Gasteiger partial charge is 0.132 e. The minimum atomic E-state index is -0.883. The Labute approximate surface area is 68.7 Å². The minimum Gasteiger partial charge on any atom is -0.495 e. The van der Waals surface area contributed by atoms with E-state index in [1.807, 2.05) is 0 Å². The Morgan fingerprint density at radius 1 is 1.67 bits per heavy atom. The fourth-order valence-corrected chi connectivity index (χ4v) is 0.994. The van der Waals surface area contributed by atoms with Gasteiger partial charge < -0.3 is 14.9 Å². The largest absolute Gasteiger partial charge is 0.495 e. The summed E-state index contributed by atoms with van der Waals surface area (Å²) in [5.41, 5.74) is 8.14. The second-order valence-electron chi connectivity index (χ2n) is 2.37. The SMILES string of the molecule is [N-]=[N+]=NC1C(O)C=COC1CO. The lowest BCUT2D eigenvalue weighted by Crippen LogP contribution is -2.40. The van der Waals surface area contributed by atoms with Crippen LogP contribution in [0.5, 0.6) is 0 Å². The highest BCUT2D eigenvalue weighted by Gasteiger charge is 2.29. The molecule has 66 valence electrons. The van der Waals surface area contributed by atoms with E-state index in [4.69, 9.17) is 15.4 Å². The van der Waals surface area contributed by atoms with E-state index in [1.54, 1.807) is 0 Å². The van der Waals surface area contributed by atoms with Crippen molar-refractivity contribution in [2.45, 2.75) is 18.2 Å². The molecular weight excluding hydrogens is 162 g/mol. The van der Waals surface area contributed by atoms with Gasteiger partial charge in [-0.3, -0.25) is 0 Å². The van der Waals surface area contributed by atoms with Crippen molar-refractivity contribution in [3.05, 3.63) is 22.8 Å². The van der Waals surface area contributed by atoms with E-state index in [9.17, 15) is 5.11 Å². The van der Waals surface area contributed by atoms with Gasteiger partial charge in [0.2, 0.25) is 0 Å². The van der Waals surface area contributed by atoms with Gasteiger partial charge in [0, 0.05) is 4.91 Å². The first-order valence-corrected chi connectivity index (χ1v) is 3.45. The first-order chi connectivity index (χ1) is 5.79. The summed E-state index contributed by atoms with van der Waals surface area (Å²) in [4.78, 5) is 2.55. The van der Waals surface area contributed by atoms with Gasteiger partial charge in [0.15, 0.2) is 0 Å². The van der Waals surface area contributed by atoms with Crippen molar-refractivity contribution in [3.8, 4) is 0 Å². The molecule has 0 aliphatic carbocycles. The highest BCUT2D eigenvalue weighted by Crippen LogP contribution is 2.15. The number of nitrogens with zero attached hydrogens (tertiary/aromatic N) is 3. The van der Waals surface area contributed by atoms with Crippen molar-refractivity contribution in [2.24, 2.45) is 5.11 Å². The van der Waals surface area contributed by atoms with E-state index in [0.717, 1.165) is 0 Å². The summed E-state index contributed by atoms with van der Waals surface area (Å²) >= 11 is 0. The van der Waals surface area contributed by atoms with Crippen LogP contribution in [0.2, 0.25) is 0 Å². The second-order valence-corrected chi connectivity index (χ2v) is 2.37. The van der Waals surface area contributed by atoms with Crippen LogP contribution in [0.15, 0.2) is 17.5 Å². The summed E-state index contributed by atoms with van der Waals surface area (Å²) in [5.74, 6) is 0. The average molecular weight is 171 g/mol. The van der Waals surface area contributed by atoms with Gasteiger partial charge in [0.25, 0.3) is 0 Å². The quantitative estimate of drug-likeness (QED) is 0.345. The zero-order valence-electron chi connectivity index (χ0n) is 6.24. The third-order valence-electron chi connectivity index (χ3n) is 1.62. The third kappa shape index (κ3) is 1.68.